The Hall–Kier alpha value is -1.25. The summed E-state index contributed by atoms with van der Waals surface area (Å²) < 4.78 is 4.71. The van der Waals surface area contributed by atoms with E-state index in [0.717, 1.165) is 0 Å². The van der Waals surface area contributed by atoms with Gasteiger partial charge in [-0.05, 0) is 18.6 Å². The van der Waals surface area contributed by atoms with Crippen molar-refractivity contribution in [3.05, 3.63) is 24.2 Å². The van der Waals surface area contributed by atoms with Gasteiger partial charge in [0.1, 0.15) is 0 Å². The fourth-order valence-corrected chi connectivity index (χ4v) is 0.333. The summed E-state index contributed by atoms with van der Waals surface area (Å²) in [5.41, 5.74) is 1.18. The molecular formula is C6H8O3. The fraction of sp³-hybridized carbons (Fsp3) is 0.167. The Kier molecular flexibility index (Phi) is 4.22. The third-order valence-electron chi connectivity index (χ3n) is 0.663. The second-order valence-electron chi connectivity index (χ2n) is 1.41. The first-order valence-corrected chi connectivity index (χ1v) is 2.38. The zero-order chi connectivity index (χ0) is 7.11. The van der Waals surface area contributed by atoms with Crippen LogP contribution in [-0.2, 0) is 4.79 Å². The maximum atomic E-state index is 8.36. The number of hydrogen-bond acceptors (Lipinski definition) is 2. The average molecular weight is 128 g/mol. The molecule has 0 aromatic carbocycles. The second kappa shape index (κ2) is 4.90. The highest BCUT2D eigenvalue weighted by Crippen LogP contribution is 1.93. The summed E-state index contributed by atoms with van der Waals surface area (Å²) in [4.78, 5) is 8.36. The van der Waals surface area contributed by atoms with Crippen LogP contribution in [0.1, 0.15) is 5.56 Å². The first-order chi connectivity index (χ1) is 4.31. The molecule has 0 radical (unpaired) electrons. The van der Waals surface area contributed by atoms with Gasteiger partial charge in [0.25, 0.3) is 6.47 Å². The lowest BCUT2D eigenvalue weighted by Crippen LogP contribution is -1.49. The van der Waals surface area contributed by atoms with Crippen LogP contribution in [-0.4, -0.2) is 11.6 Å². The van der Waals surface area contributed by atoms with Gasteiger partial charge in [-0.1, -0.05) is 0 Å². The van der Waals surface area contributed by atoms with Crippen molar-refractivity contribution < 1.29 is 14.3 Å². The van der Waals surface area contributed by atoms with Gasteiger partial charge in [-0.15, -0.1) is 0 Å². The molecule has 0 spiro atoms. The Labute approximate surface area is 52.9 Å². The van der Waals surface area contributed by atoms with E-state index >= 15 is 0 Å². The summed E-state index contributed by atoms with van der Waals surface area (Å²) >= 11 is 0. The number of carbonyl (C=O) groups is 1. The van der Waals surface area contributed by atoms with Crippen molar-refractivity contribution in [2.45, 2.75) is 6.92 Å². The first kappa shape index (κ1) is 7.75. The molecule has 1 N–H and O–H groups in total. The summed E-state index contributed by atoms with van der Waals surface area (Å²) in [6.07, 6.45) is 3.37. The fourth-order valence-electron chi connectivity index (χ4n) is 0.333. The van der Waals surface area contributed by atoms with Gasteiger partial charge >= 0.3 is 0 Å². The number of rotatable bonds is 0. The molecule has 0 aliphatic carbocycles. The van der Waals surface area contributed by atoms with Crippen LogP contribution in [0.5, 0.6) is 0 Å². The predicted octanol–water partition coefficient (Wildman–Crippen LogP) is 1.29. The highest BCUT2D eigenvalue weighted by atomic mass is 16.3. The smallest absolute Gasteiger partial charge is 0.290 e. The molecule has 1 rings (SSSR count). The van der Waals surface area contributed by atoms with Gasteiger partial charge in [0.15, 0.2) is 0 Å². The Morgan fingerprint density at radius 2 is 2.33 bits per heavy atom. The van der Waals surface area contributed by atoms with Crippen molar-refractivity contribution in [2.24, 2.45) is 0 Å². The lowest BCUT2D eigenvalue weighted by atomic mass is 10.4. The zero-order valence-corrected chi connectivity index (χ0v) is 5.07. The monoisotopic (exact) mass is 128 g/mol. The molecular weight excluding hydrogens is 120 g/mol. The van der Waals surface area contributed by atoms with Crippen LogP contribution in [0.3, 0.4) is 0 Å². The number of hydrogen-bond donors (Lipinski definition) is 1. The van der Waals surface area contributed by atoms with Crippen molar-refractivity contribution in [1.82, 2.24) is 0 Å². The molecule has 50 valence electrons. The lowest BCUT2D eigenvalue weighted by Gasteiger charge is -1.63. The summed E-state index contributed by atoms with van der Waals surface area (Å²) in [6, 6.07) is 1.92. The van der Waals surface area contributed by atoms with Crippen LogP contribution in [0.2, 0.25) is 0 Å². The molecule has 0 bridgehead atoms. The maximum absolute atomic E-state index is 8.36. The van der Waals surface area contributed by atoms with E-state index in [4.69, 9.17) is 14.3 Å². The lowest BCUT2D eigenvalue weighted by molar-refractivity contribution is -0.122. The van der Waals surface area contributed by atoms with Gasteiger partial charge in [0.05, 0.1) is 12.5 Å². The highest BCUT2D eigenvalue weighted by Gasteiger charge is 1.75. The molecule has 0 aliphatic heterocycles. The SMILES string of the molecule is Cc1ccoc1.O=CO. The van der Waals surface area contributed by atoms with E-state index in [9.17, 15) is 0 Å². The summed E-state index contributed by atoms with van der Waals surface area (Å²) in [7, 11) is 0. The molecule has 0 saturated carbocycles. The molecule has 1 heterocycles. The molecule has 1 aromatic heterocycles. The Morgan fingerprint density at radius 1 is 1.78 bits per heavy atom. The normalized spacial score (nSPS) is 7.22. The van der Waals surface area contributed by atoms with Crippen molar-refractivity contribution in [1.29, 1.82) is 0 Å². The van der Waals surface area contributed by atoms with Crippen molar-refractivity contribution in [3.8, 4) is 0 Å². The minimum atomic E-state index is -0.250. The average Bonchev–Trinajstić information content (AvgIpc) is 2.20. The van der Waals surface area contributed by atoms with Crippen LogP contribution < -0.4 is 0 Å². The second-order valence-corrected chi connectivity index (χ2v) is 1.41. The van der Waals surface area contributed by atoms with Crippen LogP contribution >= 0.6 is 0 Å². The molecule has 3 heteroatoms. The molecule has 0 aliphatic rings. The summed E-state index contributed by atoms with van der Waals surface area (Å²) in [5.74, 6) is 0. The van der Waals surface area contributed by atoms with Gasteiger partial charge < -0.3 is 9.52 Å². The van der Waals surface area contributed by atoms with Crippen LogP contribution in [0.4, 0.5) is 0 Å². The van der Waals surface area contributed by atoms with Gasteiger partial charge in [0, 0.05) is 0 Å². The molecule has 0 unspecified atom stereocenters. The Morgan fingerprint density at radius 3 is 2.44 bits per heavy atom. The number of furan rings is 1. The molecule has 3 nitrogen and oxygen atoms in total. The first-order valence-electron chi connectivity index (χ1n) is 2.38. The van der Waals surface area contributed by atoms with Gasteiger partial charge in [0.2, 0.25) is 0 Å². The third-order valence-corrected chi connectivity index (χ3v) is 0.663. The van der Waals surface area contributed by atoms with Gasteiger partial charge in [-0.3, -0.25) is 4.79 Å². The van der Waals surface area contributed by atoms with Crippen LogP contribution in [0.15, 0.2) is 23.0 Å². The van der Waals surface area contributed by atoms with Crippen molar-refractivity contribution in [2.75, 3.05) is 0 Å². The molecule has 0 fully saturated rings. The molecule has 0 saturated heterocycles. The zero-order valence-electron chi connectivity index (χ0n) is 5.07. The molecule has 0 atom stereocenters. The highest BCUT2D eigenvalue weighted by molar-refractivity contribution is 5.32. The largest absolute Gasteiger partial charge is 0.483 e. The van der Waals surface area contributed by atoms with E-state index in [0.29, 0.717) is 0 Å². The van der Waals surface area contributed by atoms with Crippen LogP contribution in [0, 0.1) is 6.92 Å². The van der Waals surface area contributed by atoms with E-state index in [1.807, 2.05) is 13.0 Å². The predicted molar refractivity (Wildman–Crippen MR) is 32.1 cm³/mol. The topological polar surface area (TPSA) is 50.4 Å². The molecule has 0 amide bonds. The summed E-state index contributed by atoms with van der Waals surface area (Å²) in [5, 5.41) is 6.89. The van der Waals surface area contributed by atoms with E-state index in [1.165, 1.54) is 5.56 Å². The van der Waals surface area contributed by atoms with Gasteiger partial charge in [-0.2, -0.15) is 0 Å². The minimum absolute atomic E-state index is 0.250. The Balaban J connectivity index is 0.000000187. The quantitative estimate of drug-likeness (QED) is 0.535. The van der Waals surface area contributed by atoms with Crippen molar-refractivity contribution >= 4 is 6.47 Å². The standard InChI is InChI=1S/C5H6O.CH2O2/c1-5-2-3-6-4-5;2-1-3/h2-4H,1H3;1H,(H,2,3). The van der Waals surface area contributed by atoms with E-state index in [2.05, 4.69) is 0 Å². The van der Waals surface area contributed by atoms with Crippen LogP contribution in [0.25, 0.3) is 0 Å². The molecule has 9 heavy (non-hydrogen) atoms. The van der Waals surface area contributed by atoms with Gasteiger partial charge in [-0.25, -0.2) is 0 Å². The van der Waals surface area contributed by atoms with E-state index in [-0.39, 0.29) is 6.47 Å². The number of carboxylic acid groups (broad SMARTS) is 1. The van der Waals surface area contributed by atoms with Crippen molar-refractivity contribution in [3.63, 3.8) is 0 Å². The van der Waals surface area contributed by atoms with E-state index in [1.54, 1.807) is 12.5 Å². The Bertz CT molecular complexity index is 143. The number of aryl methyl sites for hydroxylation is 1. The summed E-state index contributed by atoms with van der Waals surface area (Å²) in [6.45, 7) is 1.74. The maximum Gasteiger partial charge on any atom is 0.290 e. The molecule has 1 aromatic rings. The third kappa shape index (κ3) is 4.61. The van der Waals surface area contributed by atoms with E-state index < -0.39 is 0 Å². The minimum Gasteiger partial charge on any atom is -0.483 e.